The van der Waals surface area contributed by atoms with Gasteiger partial charge in [0.05, 0.1) is 5.69 Å². The van der Waals surface area contributed by atoms with Crippen molar-refractivity contribution >= 4 is 41.7 Å². The van der Waals surface area contributed by atoms with Crippen molar-refractivity contribution in [1.82, 2.24) is 10.2 Å². The molecule has 0 aliphatic carbocycles. The van der Waals surface area contributed by atoms with Crippen LogP contribution in [0, 0.1) is 0 Å². The summed E-state index contributed by atoms with van der Waals surface area (Å²) >= 11 is 1.78. The number of nitrogens with zero attached hydrogens (tertiary/aromatic N) is 2. The van der Waals surface area contributed by atoms with Crippen molar-refractivity contribution in [1.29, 1.82) is 0 Å². The Balaban J connectivity index is 0.00000208. The molecule has 1 aromatic carbocycles. The Bertz CT molecular complexity index is 599. The molecule has 7 heteroatoms. The zero-order chi connectivity index (χ0) is 16.2. The standard InChI is InChI=1S/C17H23N3O2S.ClH/c1-13-12-18-8-9-19(13)16(21)6-7-17(22)20-10-11-23-15-5-3-2-4-14(15)20;/h2-5,13,18H,6-12H2,1H3;1H/t13-;/m1./s1. The van der Waals surface area contributed by atoms with Crippen LogP contribution in [0.15, 0.2) is 29.2 Å². The van der Waals surface area contributed by atoms with Crippen molar-refractivity contribution in [2.24, 2.45) is 0 Å². The summed E-state index contributed by atoms with van der Waals surface area (Å²) in [6.45, 7) is 5.16. The maximum absolute atomic E-state index is 12.6. The molecule has 1 saturated heterocycles. The molecule has 5 nitrogen and oxygen atoms in total. The van der Waals surface area contributed by atoms with Crippen LogP contribution in [0.5, 0.6) is 0 Å². The van der Waals surface area contributed by atoms with E-state index in [1.807, 2.05) is 41.0 Å². The number of anilines is 1. The van der Waals surface area contributed by atoms with Gasteiger partial charge in [0.1, 0.15) is 0 Å². The van der Waals surface area contributed by atoms with Crippen LogP contribution in [0.2, 0.25) is 0 Å². The molecule has 3 rings (SSSR count). The Kier molecular flexibility index (Phi) is 6.95. The molecule has 132 valence electrons. The molecule has 1 fully saturated rings. The van der Waals surface area contributed by atoms with Gasteiger partial charge in [0.25, 0.3) is 0 Å². The van der Waals surface area contributed by atoms with Gasteiger partial charge in [-0.3, -0.25) is 9.59 Å². The fraction of sp³-hybridized carbons (Fsp3) is 0.529. The van der Waals surface area contributed by atoms with Crippen LogP contribution < -0.4 is 10.2 Å². The third-order valence-corrected chi connectivity index (χ3v) is 5.45. The van der Waals surface area contributed by atoms with Crippen molar-refractivity contribution in [3.63, 3.8) is 0 Å². The van der Waals surface area contributed by atoms with E-state index in [1.54, 1.807) is 11.8 Å². The van der Waals surface area contributed by atoms with E-state index in [2.05, 4.69) is 5.32 Å². The fourth-order valence-corrected chi connectivity index (χ4v) is 4.13. The Hall–Kier alpha value is -1.24. The molecule has 1 N–H and O–H groups in total. The first-order chi connectivity index (χ1) is 11.2. The van der Waals surface area contributed by atoms with Gasteiger partial charge in [-0.2, -0.15) is 0 Å². The van der Waals surface area contributed by atoms with Gasteiger partial charge in [-0.25, -0.2) is 0 Å². The maximum Gasteiger partial charge on any atom is 0.227 e. The summed E-state index contributed by atoms with van der Waals surface area (Å²) in [5.41, 5.74) is 0.983. The van der Waals surface area contributed by atoms with Crippen LogP contribution in [0.25, 0.3) is 0 Å². The molecule has 0 radical (unpaired) electrons. The number of rotatable bonds is 3. The highest BCUT2D eigenvalue weighted by Crippen LogP contribution is 2.34. The van der Waals surface area contributed by atoms with E-state index in [1.165, 1.54) is 0 Å². The number of hydrogen-bond acceptors (Lipinski definition) is 4. The Morgan fingerprint density at radius 2 is 1.96 bits per heavy atom. The molecular weight excluding hydrogens is 346 g/mol. The van der Waals surface area contributed by atoms with Gasteiger partial charge in [0.2, 0.25) is 11.8 Å². The Morgan fingerprint density at radius 3 is 2.75 bits per heavy atom. The molecule has 2 aliphatic heterocycles. The average molecular weight is 370 g/mol. The molecule has 1 atom stereocenters. The topological polar surface area (TPSA) is 52.7 Å². The zero-order valence-corrected chi connectivity index (χ0v) is 15.5. The van der Waals surface area contributed by atoms with E-state index in [0.717, 1.165) is 42.5 Å². The van der Waals surface area contributed by atoms with Crippen molar-refractivity contribution in [3.05, 3.63) is 24.3 Å². The predicted octanol–water partition coefficient (Wildman–Crippen LogP) is 2.15. The van der Waals surface area contributed by atoms with E-state index in [0.29, 0.717) is 6.42 Å². The van der Waals surface area contributed by atoms with Crippen molar-refractivity contribution in [2.45, 2.75) is 30.7 Å². The van der Waals surface area contributed by atoms with Gasteiger partial charge < -0.3 is 15.1 Å². The molecule has 0 bridgehead atoms. The monoisotopic (exact) mass is 369 g/mol. The Morgan fingerprint density at radius 1 is 1.21 bits per heavy atom. The second-order valence-corrected chi connectivity index (χ2v) is 7.14. The molecular formula is C17H24ClN3O2S. The normalized spacial score (nSPS) is 20.1. The molecule has 2 heterocycles. The zero-order valence-electron chi connectivity index (χ0n) is 13.9. The van der Waals surface area contributed by atoms with Crippen LogP contribution in [-0.2, 0) is 9.59 Å². The minimum absolute atomic E-state index is 0. The predicted molar refractivity (Wildman–Crippen MR) is 100 cm³/mol. The number of halogens is 1. The lowest BCUT2D eigenvalue weighted by molar-refractivity contribution is -0.135. The summed E-state index contributed by atoms with van der Waals surface area (Å²) in [7, 11) is 0. The molecule has 0 unspecified atom stereocenters. The van der Waals surface area contributed by atoms with Crippen LogP contribution in [-0.4, -0.2) is 54.7 Å². The first-order valence-corrected chi connectivity index (χ1v) is 9.18. The minimum atomic E-state index is 0. The molecule has 0 saturated carbocycles. The summed E-state index contributed by atoms with van der Waals surface area (Å²) in [5.74, 6) is 1.05. The second kappa shape index (κ2) is 8.74. The van der Waals surface area contributed by atoms with Gasteiger partial charge in [-0.05, 0) is 19.1 Å². The smallest absolute Gasteiger partial charge is 0.227 e. The number of hydrogen-bond donors (Lipinski definition) is 1. The summed E-state index contributed by atoms with van der Waals surface area (Å²) in [4.78, 5) is 29.8. The lowest BCUT2D eigenvalue weighted by Gasteiger charge is -2.34. The number of fused-ring (bicyclic) bond motifs is 1. The summed E-state index contributed by atoms with van der Waals surface area (Å²) in [5, 5.41) is 3.28. The fourth-order valence-electron chi connectivity index (χ4n) is 3.13. The van der Waals surface area contributed by atoms with E-state index in [4.69, 9.17) is 0 Å². The second-order valence-electron chi connectivity index (χ2n) is 6.00. The molecule has 24 heavy (non-hydrogen) atoms. The van der Waals surface area contributed by atoms with Crippen molar-refractivity contribution < 1.29 is 9.59 Å². The number of benzene rings is 1. The number of thioether (sulfide) groups is 1. The summed E-state index contributed by atoms with van der Waals surface area (Å²) < 4.78 is 0. The number of piperazine rings is 1. The molecule has 2 aliphatic rings. The highest BCUT2D eigenvalue weighted by molar-refractivity contribution is 7.99. The average Bonchev–Trinajstić information content (AvgIpc) is 2.59. The maximum atomic E-state index is 12.6. The minimum Gasteiger partial charge on any atom is -0.337 e. The molecule has 0 aromatic heterocycles. The van der Waals surface area contributed by atoms with Gasteiger partial charge in [-0.1, -0.05) is 12.1 Å². The van der Waals surface area contributed by atoms with Gasteiger partial charge in [0, 0.05) is 55.7 Å². The van der Waals surface area contributed by atoms with E-state index >= 15 is 0 Å². The molecule has 2 amide bonds. The quantitative estimate of drug-likeness (QED) is 0.887. The number of amides is 2. The Labute approximate surface area is 153 Å². The first kappa shape index (κ1) is 19.1. The van der Waals surface area contributed by atoms with Crippen LogP contribution >= 0.6 is 24.2 Å². The van der Waals surface area contributed by atoms with Crippen LogP contribution in [0.1, 0.15) is 19.8 Å². The van der Waals surface area contributed by atoms with Crippen LogP contribution in [0.4, 0.5) is 5.69 Å². The number of para-hydroxylation sites is 1. The van der Waals surface area contributed by atoms with E-state index < -0.39 is 0 Å². The van der Waals surface area contributed by atoms with Crippen molar-refractivity contribution in [3.8, 4) is 0 Å². The highest BCUT2D eigenvalue weighted by Gasteiger charge is 2.26. The third kappa shape index (κ3) is 4.23. The van der Waals surface area contributed by atoms with Gasteiger partial charge in [-0.15, -0.1) is 24.2 Å². The molecule has 1 aromatic rings. The van der Waals surface area contributed by atoms with Crippen LogP contribution in [0.3, 0.4) is 0 Å². The lowest BCUT2D eigenvalue weighted by atomic mass is 10.1. The third-order valence-electron chi connectivity index (χ3n) is 4.40. The SMILES string of the molecule is C[C@@H]1CNCCN1C(=O)CCC(=O)N1CCSc2ccccc21.Cl. The summed E-state index contributed by atoms with van der Waals surface area (Å²) in [6.07, 6.45) is 0.587. The van der Waals surface area contributed by atoms with Gasteiger partial charge >= 0.3 is 0 Å². The molecule has 0 spiro atoms. The van der Waals surface area contributed by atoms with E-state index in [-0.39, 0.29) is 36.7 Å². The number of carbonyl (C=O) groups is 2. The number of nitrogens with one attached hydrogen (secondary N) is 1. The lowest BCUT2D eigenvalue weighted by Crippen LogP contribution is -2.52. The van der Waals surface area contributed by atoms with Crippen molar-refractivity contribution in [2.75, 3.05) is 36.8 Å². The van der Waals surface area contributed by atoms with Gasteiger partial charge in [0.15, 0.2) is 0 Å². The summed E-state index contributed by atoms with van der Waals surface area (Å²) in [6, 6.07) is 8.19. The number of carbonyl (C=O) groups excluding carboxylic acids is 2. The van der Waals surface area contributed by atoms with E-state index in [9.17, 15) is 9.59 Å². The highest BCUT2D eigenvalue weighted by atomic mass is 35.5. The largest absolute Gasteiger partial charge is 0.337 e. The first-order valence-electron chi connectivity index (χ1n) is 8.19.